The van der Waals surface area contributed by atoms with Crippen molar-refractivity contribution >= 4 is 39.0 Å². The van der Waals surface area contributed by atoms with Crippen LogP contribution in [0.4, 0.5) is 21.9 Å². The van der Waals surface area contributed by atoms with Gasteiger partial charge in [0.25, 0.3) is 0 Å². The molecule has 0 aromatic heterocycles. The van der Waals surface area contributed by atoms with Gasteiger partial charge in [0, 0.05) is 21.5 Å². The fourth-order valence-electron chi connectivity index (χ4n) is 1.83. The first-order valence-electron chi connectivity index (χ1n) is 6.30. The molecule has 5 heteroatoms. The number of carbonyl (C=O) groups excluding carboxylic acids is 1. The largest absolute Gasteiger partial charge is 0.399 e. The Bertz CT molecular complexity index is 611. The zero-order valence-electron chi connectivity index (χ0n) is 11.1. The molecule has 0 aliphatic carbocycles. The van der Waals surface area contributed by atoms with E-state index < -0.39 is 0 Å². The number of hydrogen-bond donors (Lipinski definition) is 3. The summed E-state index contributed by atoms with van der Waals surface area (Å²) in [5.41, 5.74) is 8.85. The minimum atomic E-state index is -0.271. The molecule has 0 aliphatic heterocycles. The average Bonchev–Trinajstić information content (AvgIpc) is 2.43. The molecule has 2 aromatic carbocycles. The number of nitrogens with two attached hydrogens (primary N) is 1. The second kappa shape index (κ2) is 6.43. The van der Waals surface area contributed by atoms with Gasteiger partial charge in [0.05, 0.1) is 0 Å². The van der Waals surface area contributed by atoms with Crippen molar-refractivity contribution in [2.75, 3.05) is 16.4 Å². The van der Waals surface area contributed by atoms with Crippen LogP contribution in [0.5, 0.6) is 0 Å². The molecule has 104 valence electrons. The predicted octanol–water partition coefficient (Wildman–Crippen LogP) is 4.24. The Labute approximate surface area is 126 Å². The third kappa shape index (κ3) is 3.74. The van der Waals surface area contributed by atoms with E-state index in [-0.39, 0.29) is 6.03 Å². The van der Waals surface area contributed by atoms with Crippen LogP contribution in [-0.4, -0.2) is 6.03 Å². The number of urea groups is 1. The van der Waals surface area contributed by atoms with Gasteiger partial charge in [-0.1, -0.05) is 22.9 Å². The van der Waals surface area contributed by atoms with Gasteiger partial charge in [-0.2, -0.15) is 0 Å². The molecule has 0 unspecified atom stereocenters. The van der Waals surface area contributed by atoms with Gasteiger partial charge < -0.3 is 16.4 Å². The fourth-order valence-corrected chi connectivity index (χ4v) is 2.24. The van der Waals surface area contributed by atoms with E-state index >= 15 is 0 Å². The molecular formula is C15H16BrN3O. The number of hydrogen-bond acceptors (Lipinski definition) is 2. The first kappa shape index (κ1) is 14.4. The van der Waals surface area contributed by atoms with Gasteiger partial charge in [0.2, 0.25) is 0 Å². The lowest BCUT2D eigenvalue weighted by atomic mass is 10.1. The molecule has 2 rings (SSSR count). The van der Waals surface area contributed by atoms with Gasteiger partial charge >= 0.3 is 6.03 Å². The summed E-state index contributed by atoms with van der Waals surface area (Å²) in [6.07, 6.45) is 0.844. The lowest BCUT2D eigenvalue weighted by Crippen LogP contribution is -2.20. The molecule has 0 spiro atoms. The number of nitrogens with one attached hydrogen (secondary N) is 2. The van der Waals surface area contributed by atoms with Crippen LogP contribution in [0.2, 0.25) is 0 Å². The molecule has 20 heavy (non-hydrogen) atoms. The molecule has 2 aromatic rings. The topological polar surface area (TPSA) is 67.2 Å². The minimum Gasteiger partial charge on any atom is -0.399 e. The summed E-state index contributed by atoms with van der Waals surface area (Å²) in [7, 11) is 0. The van der Waals surface area contributed by atoms with Crippen LogP contribution in [0.25, 0.3) is 0 Å². The monoisotopic (exact) mass is 333 g/mol. The van der Waals surface area contributed by atoms with Crippen LogP contribution in [0.1, 0.15) is 12.5 Å². The maximum atomic E-state index is 12.0. The van der Waals surface area contributed by atoms with Crippen molar-refractivity contribution in [1.82, 2.24) is 0 Å². The predicted molar refractivity (Wildman–Crippen MR) is 87.0 cm³/mol. The Morgan fingerprint density at radius 3 is 2.50 bits per heavy atom. The Morgan fingerprint density at radius 1 is 1.15 bits per heavy atom. The maximum Gasteiger partial charge on any atom is 0.323 e. The van der Waals surface area contributed by atoms with Crippen molar-refractivity contribution in [2.45, 2.75) is 13.3 Å². The number of rotatable bonds is 3. The van der Waals surface area contributed by atoms with Gasteiger partial charge in [-0.3, -0.25) is 0 Å². The summed E-state index contributed by atoms with van der Waals surface area (Å²) < 4.78 is 0.999. The molecule has 0 atom stereocenters. The molecule has 0 heterocycles. The van der Waals surface area contributed by atoms with E-state index in [9.17, 15) is 4.79 Å². The fraction of sp³-hybridized carbons (Fsp3) is 0.133. The van der Waals surface area contributed by atoms with Gasteiger partial charge in [-0.15, -0.1) is 0 Å². The van der Waals surface area contributed by atoms with E-state index in [1.807, 2.05) is 25.1 Å². The van der Waals surface area contributed by atoms with Crippen LogP contribution in [0.15, 0.2) is 46.9 Å². The Kier molecular flexibility index (Phi) is 4.63. The summed E-state index contributed by atoms with van der Waals surface area (Å²) in [6, 6.07) is 12.5. The normalized spacial score (nSPS) is 10.1. The highest BCUT2D eigenvalue weighted by Crippen LogP contribution is 2.22. The zero-order valence-corrected chi connectivity index (χ0v) is 12.7. The minimum absolute atomic E-state index is 0.271. The lowest BCUT2D eigenvalue weighted by Gasteiger charge is -2.11. The number of halogens is 1. The number of anilines is 3. The molecule has 0 radical (unpaired) electrons. The van der Waals surface area contributed by atoms with E-state index in [1.54, 1.807) is 24.3 Å². The molecule has 0 saturated heterocycles. The van der Waals surface area contributed by atoms with Gasteiger partial charge in [0.15, 0.2) is 0 Å². The first-order valence-corrected chi connectivity index (χ1v) is 7.09. The third-order valence-electron chi connectivity index (χ3n) is 2.86. The van der Waals surface area contributed by atoms with E-state index in [2.05, 4.69) is 26.6 Å². The summed E-state index contributed by atoms with van der Waals surface area (Å²) in [6.45, 7) is 2.05. The van der Waals surface area contributed by atoms with Crippen LogP contribution in [0.3, 0.4) is 0 Å². The van der Waals surface area contributed by atoms with Crippen LogP contribution < -0.4 is 16.4 Å². The maximum absolute atomic E-state index is 12.0. The molecular weight excluding hydrogens is 318 g/mol. The third-order valence-corrected chi connectivity index (χ3v) is 3.36. The summed E-state index contributed by atoms with van der Waals surface area (Å²) in [4.78, 5) is 12.0. The lowest BCUT2D eigenvalue weighted by molar-refractivity contribution is 0.262. The van der Waals surface area contributed by atoms with Crippen molar-refractivity contribution in [3.63, 3.8) is 0 Å². The second-order valence-corrected chi connectivity index (χ2v) is 5.27. The Hall–Kier alpha value is -2.01. The smallest absolute Gasteiger partial charge is 0.323 e. The molecule has 0 fully saturated rings. The number of carbonyl (C=O) groups is 1. The van der Waals surface area contributed by atoms with Gasteiger partial charge in [0.1, 0.15) is 0 Å². The van der Waals surface area contributed by atoms with E-state index in [0.717, 1.165) is 22.1 Å². The molecule has 4 N–H and O–H groups in total. The van der Waals surface area contributed by atoms with Gasteiger partial charge in [-0.05, 0) is 54.4 Å². The van der Waals surface area contributed by atoms with E-state index in [0.29, 0.717) is 11.4 Å². The molecule has 2 amide bonds. The summed E-state index contributed by atoms with van der Waals surface area (Å²) in [5, 5.41) is 5.62. The number of nitrogen functional groups attached to an aromatic ring is 1. The zero-order chi connectivity index (χ0) is 14.5. The summed E-state index contributed by atoms with van der Waals surface area (Å²) >= 11 is 3.42. The van der Waals surface area contributed by atoms with Crippen molar-refractivity contribution in [2.24, 2.45) is 0 Å². The Morgan fingerprint density at radius 2 is 1.85 bits per heavy atom. The molecule has 0 bridgehead atoms. The number of aryl methyl sites for hydroxylation is 1. The van der Waals surface area contributed by atoms with Crippen LogP contribution in [0, 0.1) is 0 Å². The van der Waals surface area contributed by atoms with Crippen LogP contribution in [-0.2, 0) is 6.42 Å². The highest BCUT2D eigenvalue weighted by molar-refractivity contribution is 9.10. The second-order valence-electron chi connectivity index (χ2n) is 4.36. The molecule has 0 aliphatic rings. The number of benzene rings is 2. The Balaban J connectivity index is 2.06. The van der Waals surface area contributed by atoms with Crippen molar-refractivity contribution in [1.29, 1.82) is 0 Å². The average molecular weight is 334 g/mol. The standard InChI is InChI=1S/C15H16BrN3O/c1-2-10-9-11(16)3-8-14(10)19-15(20)18-13-6-4-12(17)5-7-13/h3-9H,2,17H2,1H3,(H2,18,19,20). The van der Waals surface area contributed by atoms with Crippen LogP contribution >= 0.6 is 15.9 Å². The van der Waals surface area contributed by atoms with Crippen molar-refractivity contribution in [3.8, 4) is 0 Å². The van der Waals surface area contributed by atoms with Crippen molar-refractivity contribution in [3.05, 3.63) is 52.5 Å². The molecule has 0 saturated carbocycles. The first-order chi connectivity index (χ1) is 9.58. The highest BCUT2D eigenvalue weighted by Gasteiger charge is 2.06. The highest BCUT2D eigenvalue weighted by atomic mass is 79.9. The van der Waals surface area contributed by atoms with E-state index in [1.165, 1.54) is 0 Å². The molecule has 4 nitrogen and oxygen atoms in total. The quantitative estimate of drug-likeness (QED) is 0.735. The number of amides is 2. The van der Waals surface area contributed by atoms with Crippen molar-refractivity contribution < 1.29 is 4.79 Å². The van der Waals surface area contributed by atoms with E-state index in [4.69, 9.17) is 5.73 Å². The SMILES string of the molecule is CCc1cc(Br)ccc1NC(=O)Nc1ccc(N)cc1. The van der Waals surface area contributed by atoms with Gasteiger partial charge in [-0.25, -0.2) is 4.79 Å². The summed E-state index contributed by atoms with van der Waals surface area (Å²) in [5.74, 6) is 0.